The Hall–Kier alpha value is -0.343. The maximum Gasteiger partial charge on any atom is 0.224 e. The molecule has 1 aromatic rings. The fraction of sp³-hybridized carbons (Fsp3) is 0.444. The van der Waals surface area contributed by atoms with Crippen LogP contribution in [0, 0.1) is 6.92 Å². The molecule has 1 rings (SSSR count). The van der Waals surface area contributed by atoms with Crippen molar-refractivity contribution in [2.24, 2.45) is 0 Å². The molecule has 0 amide bonds. The Kier molecular flexibility index (Phi) is 2.91. The van der Waals surface area contributed by atoms with Crippen molar-refractivity contribution in [1.82, 2.24) is 0 Å². The molecule has 0 spiro atoms. The SMILES string of the molecule is Cc1ccc[n+](C[Si](C)(C)Cl)c1. The number of hydrogen-bond acceptors (Lipinski definition) is 0. The highest BCUT2D eigenvalue weighted by Gasteiger charge is 2.22. The van der Waals surface area contributed by atoms with E-state index >= 15 is 0 Å². The molecule has 1 aromatic heterocycles. The molecule has 0 aliphatic heterocycles. The second-order valence-corrected chi connectivity index (χ2v) is 10.6. The average molecular weight is 201 g/mol. The van der Waals surface area contributed by atoms with Gasteiger partial charge in [-0.25, -0.2) is 4.57 Å². The minimum absolute atomic E-state index is 0.982. The van der Waals surface area contributed by atoms with Gasteiger partial charge in [0, 0.05) is 11.6 Å². The molecule has 0 atom stereocenters. The van der Waals surface area contributed by atoms with Crippen LogP contribution in [0.5, 0.6) is 0 Å². The number of rotatable bonds is 2. The molecule has 0 saturated carbocycles. The van der Waals surface area contributed by atoms with Crippen LogP contribution < -0.4 is 4.57 Å². The number of aryl methyl sites for hydroxylation is 1. The quantitative estimate of drug-likeness (QED) is 0.392. The van der Waals surface area contributed by atoms with Crippen molar-refractivity contribution < 1.29 is 4.57 Å². The second-order valence-electron chi connectivity index (χ2n) is 3.77. The topological polar surface area (TPSA) is 3.88 Å². The molecule has 0 aromatic carbocycles. The lowest BCUT2D eigenvalue weighted by molar-refractivity contribution is -0.680. The van der Waals surface area contributed by atoms with Gasteiger partial charge in [-0.15, -0.1) is 0 Å². The first-order valence-electron chi connectivity index (χ1n) is 4.12. The molecule has 3 heteroatoms. The van der Waals surface area contributed by atoms with Crippen LogP contribution in [0.25, 0.3) is 0 Å². The van der Waals surface area contributed by atoms with E-state index in [-0.39, 0.29) is 0 Å². The minimum atomic E-state index is -1.49. The Labute approximate surface area is 79.7 Å². The molecular weight excluding hydrogens is 186 g/mol. The smallest absolute Gasteiger partial charge is 0.207 e. The Morgan fingerprint density at radius 2 is 2.17 bits per heavy atom. The van der Waals surface area contributed by atoms with E-state index in [1.54, 1.807) is 0 Å². The molecule has 0 N–H and O–H groups in total. The van der Waals surface area contributed by atoms with E-state index in [4.69, 9.17) is 11.1 Å². The lowest BCUT2D eigenvalue weighted by atomic mass is 10.3. The molecular formula is C9H15ClNSi+. The van der Waals surface area contributed by atoms with Gasteiger partial charge in [0.2, 0.25) is 7.38 Å². The zero-order valence-corrected chi connectivity index (χ0v) is 9.60. The van der Waals surface area contributed by atoms with Crippen LogP contribution in [0.4, 0.5) is 0 Å². The number of nitrogens with zero attached hydrogens (tertiary/aromatic N) is 1. The molecule has 12 heavy (non-hydrogen) atoms. The van der Waals surface area contributed by atoms with Crippen LogP contribution in [-0.4, -0.2) is 7.38 Å². The van der Waals surface area contributed by atoms with E-state index < -0.39 is 7.38 Å². The van der Waals surface area contributed by atoms with Gasteiger partial charge in [-0.1, -0.05) is 13.1 Å². The summed E-state index contributed by atoms with van der Waals surface area (Å²) in [7, 11) is -1.49. The van der Waals surface area contributed by atoms with E-state index in [0.29, 0.717) is 0 Å². The first kappa shape index (κ1) is 9.74. The third-order valence-corrected chi connectivity index (χ3v) is 3.04. The van der Waals surface area contributed by atoms with Gasteiger partial charge in [-0.2, -0.15) is 11.1 Å². The molecule has 0 aliphatic rings. The van der Waals surface area contributed by atoms with Crippen molar-refractivity contribution >= 4 is 18.5 Å². The Morgan fingerprint density at radius 1 is 1.50 bits per heavy atom. The summed E-state index contributed by atoms with van der Waals surface area (Å²) >= 11 is 6.24. The first-order valence-corrected chi connectivity index (χ1v) is 8.34. The van der Waals surface area contributed by atoms with Crippen molar-refractivity contribution in [3.8, 4) is 0 Å². The van der Waals surface area contributed by atoms with Gasteiger partial charge in [0.15, 0.2) is 12.4 Å². The van der Waals surface area contributed by atoms with Crippen LogP contribution in [0.3, 0.4) is 0 Å². The summed E-state index contributed by atoms with van der Waals surface area (Å²) in [4.78, 5) is 0. The standard InChI is InChI=1S/C9H15ClNSi/c1-9-5-4-6-11(7-9)8-12(2,3)10/h4-7H,8H2,1-3H3/q+1. The van der Waals surface area contributed by atoms with Gasteiger partial charge < -0.3 is 0 Å². The summed E-state index contributed by atoms with van der Waals surface area (Å²) in [6.07, 6.45) is 5.19. The summed E-state index contributed by atoms with van der Waals surface area (Å²) in [5.74, 6) is 0. The fourth-order valence-corrected chi connectivity index (χ4v) is 2.66. The normalized spacial score (nSPS) is 11.7. The van der Waals surface area contributed by atoms with Crippen LogP contribution in [0.1, 0.15) is 5.56 Å². The number of pyridine rings is 1. The Balaban J connectivity index is 2.77. The summed E-state index contributed by atoms with van der Waals surface area (Å²) in [5, 5.41) is 0. The predicted molar refractivity (Wildman–Crippen MR) is 54.7 cm³/mol. The summed E-state index contributed by atoms with van der Waals surface area (Å²) in [6, 6.07) is 4.16. The molecule has 0 bridgehead atoms. The molecule has 0 saturated heterocycles. The molecule has 66 valence electrons. The molecule has 0 fully saturated rings. The van der Waals surface area contributed by atoms with Gasteiger partial charge >= 0.3 is 0 Å². The van der Waals surface area contributed by atoms with Crippen LogP contribution in [-0.2, 0) is 6.17 Å². The third kappa shape index (κ3) is 3.37. The van der Waals surface area contributed by atoms with E-state index in [9.17, 15) is 0 Å². The maximum absolute atomic E-state index is 6.24. The summed E-state index contributed by atoms with van der Waals surface area (Å²) < 4.78 is 2.18. The zero-order chi connectivity index (χ0) is 9.19. The van der Waals surface area contributed by atoms with Crippen molar-refractivity contribution in [3.63, 3.8) is 0 Å². The molecule has 0 radical (unpaired) electrons. The van der Waals surface area contributed by atoms with Gasteiger partial charge in [0.05, 0.1) is 0 Å². The van der Waals surface area contributed by atoms with Crippen molar-refractivity contribution in [2.75, 3.05) is 0 Å². The minimum Gasteiger partial charge on any atom is -0.207 e. The molecule has 0 unspecified atom stereocenters. The number of aromatic nitrogens is 1. The Bertz CT molecular complexity index is 267. The summed E-state index contributed by atoms with van der Waals surface area (Å²) in [5.41, 5.74) is 1.28. The van der Waals surface area contributed by atoms with Gasteiger partial charge in [-0.3, -0.25) is 0 Å². The van der Waals surface area contributed by atoms with Crippen molar-refractivity contribution in [3.05, 3.63) is 30.1 Å². The molecule has 0 aliphatic carbocycles. The molecule has 1 nitrogen and oxygen atoms in total. The highest BCUT2D eigenvalue weighted by atomic mass is 35.6. The average Bonchev–Trinajstić information content (AvgIpc) is 1.82. The van der Waals surface area contributed by atoms with Crippen LogP contribution >= 0.6 is 11.1 Å². The van der Waals surface area contributed by atoms with E-state index in [0.717, 1.165) is 6.17 Å². The lowest BCUT2D eigenvalue weighted by Gasteiger charge is -2.07. The van der Waals surface area contributed by atoms with E-state index in [1.165, 1.54) is 5.56 Å². The number of hydrogen-bond donors (Lipinski definition) is 0. The lowest BCUT2D eigenvalue weighted by Crippen LogP contribution is -2.44. The van der Waals surface area contributed by atoms with Crippen molar-refractivity contribution in [2.45, 2.75) is 26.2 Å². The van der Waals surface area contributed by atoms with E-state index in [1.807, 2.05) is 0 Å². The fourth-order valence-electron chi connectivity index (χ4n) is 1.19. The van der Waals surface area contributed by atoms with Crippen molar-refractivity contribution in [1.29, 1.82) is 0 Å². The monoisotopic (exact) mass is 200 g/mol. The van der Waals surface area contributed by atoms with Crippen LogP contribution in [0.2, 0.25) is 13.1 Å². The largest absolute Gasteiger partial charge is 0.224 e. The highest BCUT2D eigenvalue weighted by molar-refractivity contribution is 7.18. The van der Waals surface area contributed by atoms with E-state index in [2.05, 4.69) is 49.1 Å². The van der Waals surface area contributed by atoms with Gasteiger partial charge in [0.1, 0.15) is 6.17 Å². The maximum atomic E-state index is 6.24. The molecule has 1 heterocycles. The predicted octanol–water partition coefficient (Wildman–Crippen LogP) is 2.27. The zero-order valence-electron chi connectivity index (χ0n) is 7.84. The summed E-state index contributed by atoms with van der Waals surface area (Å²) in [6.45, 7) is 6.41. The Morgan fingerprint density at radius 3 is 2.67 bits per heavy atom. The third-order valence-electron chi connectivity index (χ3n) is 1.56. The van der Waals surface area contributed by atoms with Crippen LogP contribution in [0.15, 0.2) is 24.5 Å². The number of halogens is 1. The highest BCUT2D eigenvalue weighted by Crippen LogP contribution is 2.06. The second kappa shape index (κ2) is 3.58. The first-order chi connectivity index (χ1) is 5.47. The van der Waals surface area contributed by atoms with Gasteiger partial charge in [0.25, 0.3) is 0 Å². The van der Waals surface area contributed by atoms with Gasteiger partial charge in [-0.05, 0) is 13.0 Å².